The number of carbonyl (C=O) groups is 2. The van der Waals surface area contributed by atoms with Crippen LogP contribution in [0.3, 0.4) is 0 Å². The molecule has 0 saturated heterocycles. The van der Waals surface area contributed by atoms with Crippen molar-refractivity contribution in [2.45, 2.75) is 69.6 Å². The van der Waals surface area contributed by atoms with E-state index < -0.39 is 28.6 Å². The number of esters is 2. The summed E-state index contributed by atoms with van der Waals surface area (Å²) in [5.74, 6) is -1.70. The molecule has 0 unspecified atom stereocenters. The number of hydrogen-bond acceptors (Lipinski definition) is 6. The van der Waals surface area contributed by atoms with Gasteiger partial charge in [-0.25, -0.2) is 9.59 Å². The van der Waals surface area contributed by atoms with Gasteiger partial charge in [0, 0.05) is 5.92 Å². The molecule has 3 N–H and O–H groups in total. The molecule has 6 rings (SSSR count). The third-order valence-electron chi connectivity index (χ3n) is 9.72. The zero-order valence-electron chi connectivity index (χ0n) is 30.0. The highest BCUT2D eigenvalue weighted by molar-refractivity contribution is 6.04. The summed E-state index contributed by atoms with van der Waals surface area (Å²) in [6.07, 6.45) is 1.21. The van der Waals surface area contributed by atoms with E-state index in [2.05, 4.69) is 109 Å². The number of unbranched alkanes of at least 4 members (excludes halogenated alkanes) is 1. The number of hydrogen-bond donors (Lipinski definition) is 2. The predicted molar refractivity (Wildman–Crippen MR) is 203 cm³/mol. The first kappa shape index (κ1) is 35.8. The molecule has 0 fully saturated rings. The number of fused-ring (bicyclic) bond motifs is 3. The Hall–Kier alpha value is -5.04. The zero-order chi connectivity index (χ0) is 36.1. The van der Waals surface area contributed by atoms with Gasteiger partial charge < -0.3 is 15.2 Å². The maximum absolute atomic E-state index is 13.9. The molecule has 6 nitrogen and oxygen atoms in total. The fraction of sp³-hybridized carbons (Fsp3) is 0.289. The number of ether oxygens (including phenoxy) is 2. The Labute approximate surface area is 302 Å². The van der Waals surface area contributed by atoms with Crippen molar-refractivity contribution < 1.29 is 19.1 Å². The van der Waals surface area contributed by atoms with Crippen LogP contribution in [0.5, 0.6) is 0 Å². The monoisotopic (exact) mass is 680 g/mol. The number of nitrogens with one attached hydrogen (secondary N) is 1. The lowest BCUT2D eigenvalue weighted by Crippen LogP contribution is -2.58. The van der Waals surface area contributed by atoms with Crippen molar-refractivity contribution in [1.82, 2.24) is 5.32 Å². The van der Waals surface area contributed by atoms with Crippen molar-refractivity contribution in [3.8, 4) is 11.1 Å². The fourth-order valence-electron chi connectivity index (χ4n) is 7.25. The molecule has 1 aliphatic carbocycles. The van der Waals surface area contributed by atoms with Crippen LogP contribution in [0.1, 0.15) is 79.3 Å². The topological polar surface area (TPSA) is 90.6 Å². The molecule has 5 aromatic rings. The molecule has 6 heteroatoms. The first-order chi connectivity index (χ1) is 24.5. The van der Waals surface area contributed by atoms with Crippen LogP contribution < -0.4 is 11.1 Å². The molecular weight excluding hydrogens is 633 g/mol. The average molecular weight is 681 g/mol. The van der Waals surface area contributed by atoms with E-state index in [0.717, 1.165) is 38.9 Å². The van der Waals surface area contributed by atoms with E-state index in [1.54, 1.807) is 20.8 Å². The molecule has 5 aromatic carbocycles. The average Bonchev–Trinajstić information content (AvgIpc) is 3.45. The van der Waals surface area contributed by atoms with Gasteiger partial charge >= 0.3 is 11.9 Å². The van der Waals surface area contributed by atoms with Crippen molar-refractivity contribution in [3.63, 3.8) is 0 Å². The van der Waals surface area contributed by atoms with Gasteiger partial charge in [0.15, 0.2) is 0 Å². The minimum atomic E-state index is -1.96. The van der Waals surface area contributed by atoms with Gasteiger partial charge in [-0.2, -0.15) is 0 Å². The molecule has 1 aliphatic rings. The van der Waals surface area contributed by atoms with Crippen LogP contribution in [0, 0.1) is 6.92 Å². The molecule has 51 heavy (non-hydrogen) atoms. The summed E-state index contributed by atoms with van der Waals surface area (Å²) < 4.78 is 11.7. The highest BCUT2D eigenvalue weighted by Crippen LogP contribution is 2.45. The van der Waals surface area contributed by atoms with E-state index >= 15 is 0 Å². The first-order valence-electron chi connectivity index (χ1n) is 17.8. The van der Waals surface area contributed by atoms with Crippen LogP contribution >= 0.6 is 0 Å². The van der Waals surface area contributed by atoms with Gasteiger partial charge in [0.05, 0.1) is 5.54 Å². The molecule has 0 amide bonds. The number of nitrogens with two attached hydrogens (primary N) is 1. The van der Waals surface area contributed by atoms with E-state index in [-0.39, 0.29) is 18.9 Å². The van der Waals surface area contributed by atoms with Crippen molar-refractivity contribution >= 4 is 11.9 Å². The molecular formula is C45H48N2O4. The van der Waals surface area contributed by atoms with E-state index in [1.807, 2.05) is 36.4 Å². The summed E-state index contributed by atoms with van der Waals surface area (Å²) in [7, 11) is 0. The molecule has 0 aromatic heterocycles. The van der Waals surface area contributed by atoms with Gasteiger partial charge in [0.1, 0.15) is 12.2 Å². The Bertz CT molecular complexity index is 1880. The highest BCUT2D eigenvalue weighted by Gasteiger charge is 2.47. The van der Waals surface area contributed by atoms with Gasteiger partial charge in [-0.3, -0.25) is 5.32 Å². The summed E-state index contributed by atoms with van der Waals surface area (Å²) >= 11 is 0. The number of rotatable bonds is 13. The van der Waals surface area contributed by atoms with E-state index in [0.29, 0.717) is 19.4 Å². The first-order valence-corrected chi connectivity index (χ1v) is 17.8. The summed E-state index contributed by atoms with van der Waals surface area (Å²) in [6.45, 7) is 8.07. The highest BCUT2D eigenvalue weighted by atomic mass is 16.6. The quantitative estimate of drug-likeness (QED) is 0.0562. The van der Waals surface area contributed by atoms with Crippen LogP contribution in [0.15, 0.2) is 133 Å². The lowest BCUT2D eigenvalue weighted by molar-refractivity contribution is -0.172. The Balaban J connectivity index is 1.21. The number of aryl methyl sites for hydroxylation is 1. The van der Waals surface area contributed by atoms with E-state index in [1.165, 1.54) is 5.56 Å². The standard InChI is InChI=1S/C45H48N2O4/c1-32-18-17-23-35(30-32)45(33-19-7-5-8-20-33,34-21-9-6-10-22-34)47-29-16-15-28-44(46,42(49)51-43(2,3)4)41(48)50-31-40-38-26-13-11-24-36(38)37-25-12-14-27-39(37)40/h5-14,17-27,30,40,47H,15-16,28-29,31,46H2,1-4H3/t44-/m1/s1. The SMILES string of the molecule is Cc1cccc(C(NCCCC[C@@](N)(C(=O)OCC2c3ccccc3-c3ccccc32)C(=O)OC(C)(C)C)(c2ccccc2)c2ccccc2)c1. The molecule has 0 aliphatic heterocycles. The van der Waals surface area contributed by atoms with Gasteiger partial charge in [-0.15, -0.1) is 0 Å². The predicted octanol–water partition coefficient (Wildman–Crippen LogP) is 8.44. The van der Waals surface area contributed by atoms with Crippen molar-refractivity contribution in [3.05, 3.63) is 167 Å². The smallest absolute Gasteiger partial charge is 0.338 e. The lowest BCUT2D eigenvalue weighted by Gasteiger charge is -2.37. The third kappa shape index (κ3) is 7.53. The molecule has 1 atom stereocenters. The molecule has 0 saturated carbocycles. The minimum Gasteiger partial charge on any atom is -0.463 e. The van der Waals surface area contributed by atoms with Crippen molar-refractivity contribution in [2.75, 3.05) is 13.2 Å². The summed E-state index contributed by atoms with van der Waals surface area (Å²) in [4.78, 5) is 27.6. The second-order valence-corrected chi connectivity index (χ2v) is 14.5. The number of benzene rings is 5. The lowest BCUT2D eigenvalue weighted by atomic mass is 9.76. The largest absolute Gasteiger partial charge is 0.463 e. The Morgan fingerprint density at radius 2 is 1.20 bits per heavy atom. The van der Waals surface area contributed by atoms with Crippen LogP contribution in [-0.4, -0.2) is 36.2 Å². The van der Waals surface area contributed by atoms with Gasteiger partial charge in [-0.1, -0.05) is 139 Å². The molecule has 0 spiro atoms. The molecule has 0 heterocycles. The summed E-state index contributed by atoms with van der Waals surface area (Å²) in [5, 5.41) is 3.90. The zero-order valence-corrected chi connectivity index (χ0v) is 30.0. The van der Waals surface area contributed by atoms with Crippen LogP contribution in [0.4, 0.5) is 0 Å². The second kappa shape index (κ2) is 15.1. The van der Waals surface area contributed by atoms with Crippen LogP contribution in [0.25, 0.3) is 11.1 Å². The van der Waals surface area contributed by atoms with Gasteiger partial charge in [0.25, 0.3) is 0 Å². The van der Waals surface area contributed by atoms with Crippen molar-refractivity contribution in [2.24, 2.45) is 5.73 Å². The van der Waals surface area contributed by atoms with E-state index in [4.69, 9.17) is 15.2 Å². The number of carbonyl (C=O) groups excluding carboxylic acids is 2. The summed E-state index contributed by atoms with van der Waals surface area (Å²) in [5.41, 5.74) is 12.3. The molecule has 262 valence electrons. The Morgan fingerprint density at radius 3 is 1.75 bits per heavy atom. The van der Waals surface area contributed by atoms with Crippen LogP contribution in [-0.2, 0) is 24.6 Å². The van der Waals surface area contributed by atoms with Crippen molar-refractivity contribution in [1.29, 1.82) is 0 Å². The fourth-order valence-corrected chi connectivity index (χ4v) is 7.25. The van der Waals surface area contributed by atoms with E-state index in [9.17, 15) is 9.59 Å². The van der Waals surface area contributed by atoms with Gasteiger partial charge in [0.2, 0.25) is 5.54 Å². The third-order valence-corrected chi connectivity index (χ3v) is 9.72. The van der Waals surface area contributed by atoms with Gasteiger partial charge in [-0.05, 0) is 92.4 Å². The Morgan fingerprint density at radius 1 is 0.667 bits per heavy atom. The molecule has 0 bridgehead atoms. The second-order valence-electron chi connectivity index (χ2n) is 14.5. The minimum absolute atomic E-state index is 0.0727. The maximum Gasteiger partial charge on any atom is 0.338 e. The maximum atomic E-state index is 13.9. The summed E-state index contributed by atoms with van der Waals surface area (Å²) in [6, 6.07) is 45.7. The molecule has 0 radical (unpaired) electrons. The van der Waals surface area contributed by atoms with Crippen LogP contribution in [0.2, 0.25) is 0 Å². The normalized spacial score (nSPS) is 13.9. The Kier molecular flexibility index (Phi) is 10.6.